The van der Waals surface area contributed by atoms with Gasteiger partial charge >= 0.3 is 5.97 Å². The topological polar surface area (TPSA) is 65.0 Å². The highest BCUT2D eigenvalue weighted by Crippen LogP contribution is 2.35. The lowest BCUT2D eigenvalue weighted by molar-refractivity contribution is -0.130. The van der Waals surface area contributed by atoms with Crippen LogP contribution in [0.5, 0.6) is 17.2 Å². The molecular formula is C19H18O5. The minimum atomic E-state index is -1.000. The first-order valence-electron chi connectivity index (χ1n) is 7.75. The van der Waals surface area contributed by atoms with E-state index in [9.17, 15) is 9.90 Å². The Balaban J connectivity index is 1.87. The molecule has 0 saturated carbocycles. The van der Waals surface area contributed by atoms with Gasteiger partial charge in [-0.25, -0.2) is 4.79 Å². The second-order valence-corrected chi connectivity index (χ2v) is 5.35. The van der Waals surface area contributed by atoms with Crippen molar-refractivity contribution < 1.29 is 24.1 Å². The van der Waals surface area contributed by atoms with Crippen molar-refractivity contribution in [2.24, 2.45) is 0 Å². The number of hydrogen-bond donors (Lipinski definition) is 1. The number of carboxylic acids is 1. The second-order valence-electron chi connectivity index (χ2n) is 5.35. The lowest BCUT2D eigenvalue weighted by Crippen LogP contribution is -2.00. The van der Waals surface area contributed by atoms with Crippen LogP contribution in [-0.2, 0) is 4.79 Å². The van der Waals surface area contributed by atoms with E-state index in [2.05, 4.69) is 0 Å². The molecule has 124 valence electrons. The fourth-order valence-corrected chi connectivity index (χ4v) is 2.38. The monoisotopic (exact) mass is 326 g/mol. The van der Waals surface area contributed by atoms with Crippen molar-refractivity contribution >= 4 is 17.6 Å². The van der Waals surface area contributed by atoms with E-state index < -0.39 is 5.97 Å². The molecule has 1 aliphatic heterocycles. The van der Waals surface area contributed by atoms with Crippen LogP contribution in [0.3, 0.4) is 0 Å². The molecule has 5 nitrogen and oxygen atoms in total. The fraction of sp³-hybridized carbons (Fsp3) is 0.211. The number of hydrogen-bond acceptors (Lipinski definition) is 4. The molecule has 0 saturated heterocycles. The van der Waals surface area contributed by atoms with E-state index in [1.807, 2.05) is 31.2 Å². The Hall–Kier alpha value is -2.95. The summed E-state index contributed by atoms with van der Waals surface area (Å²) in [6.45, 7) is 2.86. The summed E-state index contributed by atoms with van der Waals surface area (Å²) in [6, 6.07) is 12.5. The summed E-state index contributed by atoms with van der Waals surface area (Å²) in [6.07, 6.45) is 2.57. The Morgan fingerprint density at radius 3 is 2.62 bits per heavy atom. The van der Waals surface area contributed by atoms with Crippen LogP contribution in [0.25, 0.3) is 11.6 Å². The predicted octanol–water partition coefficient (Wildman–Crippen LogP) is 3.83. The molecule has 0 unspecified atom stereocenters. The lowest BCUT2D eigenvalue weighted by atomic mass is 10.0. The molecule has 0 aromatic heterocycles. The van der Waals surface area contributed by atoms with Gasteiger partial charge in [0.25, 0.3) is 0 Å². The Bertz CT molecular complexity index is 762. The molecule has 0 atom stereocenters. The minimum absolute atomic E-state index is 0.157. The zero-order valence-electron chi connectivity index (χ0n) is 13.3. The number of fused-ring (bicyclic) bond motifs is 1. The van der Waals surface area contributed by atoms with Gasteiger partial charge in [-0.15, -0.1) is 0 Å². The third kappa shape index (κ3) is 3.51. The van der Waals surface area contributed by atoms with Crippen LogP contribution < -0.4 is 14.2 Å². The maximum atomic E-state index is 11.6. The van der Waals surface area contributed by atoms with Gasteiger partial charge < -0.3 is 19.3 Å². The van der Waals surface area contributed by atoms with Gasteiger partial charge in [-0.05, 0) is 47.9 Å². The molecule has 0 amide bonds. The first-order chi connectivity index (χ1) is 11.7. The van der Waals surface area contributed by atoms with E-state index in [4.69, 9.17) is 14.2 Å². The molecule has 1 heterocycles. The van der Waals surface area contributed by atoms with Crippen molar-refractivity contribution in [2.75, 3.05) is 13.4 Å². The Morgan fingerprint density at radius 2 is 1.92 bits per heavy atom. The van der Waals surface area contributed by atoms with Crippen molar-refractivity contribution in [3.05, 3.63) is 53.6 Å². The van der Waals surface area contributed by atoms with Crippen LogP contribution in [0.4, 0.5) is 0 Å². The Kier molecular flexibility index (Phi) is 4.70. The highest BCUT2D eigenvalue weighted by Gasteiger charge is 2.17. The van der Waals surface area contributed by atoms with Crippen molar-refractivity contribution in [3.8, 4) is 17.2 Å². The maximum Gasteiger partial charge on any atom is 0.336 e. The summed E-state index contributed by atoms with van der Waals surface area (Å²) in [7, 11) is 0. The summed E-state index contributed by atoms with van der Waals surface area (Å²) in [5.74, 6) is 0.956. The molecule has 0 bridgehead atoms. The van der Waals surface area contributed by atoms with Gasteiger partial charge in [0.05, 0.1) is 12.2 Å². The number of ether oxygens (including phenoxy) is 3. The van der Waals surface area contributed by atoms with Crippen molar-refractivity contribution in [2.45, 2.75) is 13.3 Å². The zero-order chi connectivity index (χ0) is 16.9. The summed E-state index contributed by atoms with van der Waals surface area (Å²) in [4.78, 5) is 11.6. The maximum absolute atomic E-state index is 11.6. The molecule has 0 fully saturated rings. The molecule has 0 aliphatic carbocycles. The highest BCUT2D eigenvalue weighted by atomic mass is 16.7. The number of aliphatic carboxylic acids is 1. The number of carbonyl (C=O) groups is 1. The van der Waals surface area contributed by atoms with Gasteiger partial charge in [0, 0.05) is 0 Å². The van der Waals surface area contributed by atoms with Crippen LogP contribution >= 0.6 is 0 Å². The lowest BCUT2D eigenvalue weighted by Gasteiger charge is -2.06. The van der Waals surface area contributed by atoms with Crippen LogP contribution in [0, 0.1) is 0 Å². The average Bonchev–Trinajstić information content (AvgIpc) is 3.06. The van der Waals surface area contributed by atoms with E-state index in [0.717, 1.165) is 17.7 Å². The van der Waals surface area contributed by atoms with E-state index in [-0.39, 0.29) is 12.4 Å². The Labute approximate surface area is 140 Å². The van der Waals surface area contributed by atoms with Gasteiger partial charge in [-0.1, -0.05) is 25.1 Å². The van der Waals surface area contributed by atoms with Gasteiger partial charge in [0.2, 0.25) is 6.79 Å². The molecule has 0 spiro atoms. The molecule has 5 heteroatoms. The summed E-state index contributed by atoms with van der Waals surface area (Å²) >= 11 is 0. The number of benzene rings is 2. The smallest absolute Gasteiger partial charge is 0.336 e. The molecule has 0 radical (unpaired) electrons. The van der Waals surface area contributed by atoms with Gasteiger partial charge in [-0.3, -0.25) is 0 Å². The van der Waals surface area contributed by atoms with Gasteiger partial charge in [-0.2, -0.15) is 0 Å². The third-order valence-corrected chi connectivity index (χ3v) is 3.58. The number of carboxylic acid groups (broad SMARTS) is 1. The molecule has 2 aromatic rings. The van der Waals surface area contributed by atoms with Crippen LogP contribution in [0.1, 0.15) is 24.5 Å². The third-order valence-electron chi connectivity index (χ3n) is 3.58. The summed E-state index contributed by atoms with van der Waals surface area (Å²) in [5, 5.41) is 9.54. The van der Waals surface area contributed by atoms with E-state index in [1.54, 1.807) is 24.3 Å². The highest BCUT2D eigenvalue weighted by molar-refractivity contribution is 6.20. The summed E-state index contributed by atoms with van der Waals surface area (Å²) < 4.78 is 16.1. The first kappa shape index (κ1) is 15.9. The van der Waals surface area contributed by atoms with Crippen molar-refractivity contribution in [3.63, 3.8) is 0 Å². The van der Waals surface area contributed by atoms with Gasteiger partial charge in [0.15, 0.2) is 11.5 Å². The van der Waals surface area contributed by atoms with Crippen LogP contribution in [0.15, 0.2) is 42.5 Å². The quantitative estimate of drug-likeness (QED) is 0.645. The van der Waals surface area contributed by atoms with E-state index in [0.29, 0.717) is 23.7 Å². The van der Waals surface area contributed by atoms with Gasteiger partial charge in [0.1, 0.15) is 5.75 Å². The average molecular weight is 326 g/mol. The molecule has 1 N–H and O–H groups in total. The van der Waals surface area contributed by atoms with Crippen molar-refractivity contribution in [1.29, 1.82) is 0 Å². The largest absolute Gasteiger partial charge is 0.494 e. The number of rotatable bonds is 6. The Morgan fingerprint density at radius 1 is 1.17 bits per heavy atom. The normalized spacial score (nSPS) is 13.0. The molecule has 3 rings (SSSR count). The zero-order valence-corrected chi connectivity index (χ0v) is 13.3. The fourth-order valence-electron chi connectivity index (χ4n) is 2.38. The standard InChI is InChI=1S/C19H18O5/c1-2-9-22-15-6-3-13(4-7-15)10-16(19(20)21)14-5-8-17-18(11-14)24-12-23-17/h3-8,10-11H,2,9,12H2,1H3,(H,20,21)/b16-10-. The second kappa shape index (κ2) is 7.08. The van der Waals surface area contributed by atoms with Crippen LogP contribution in [0.2, 0.25) is 0 Å². The van der Waals surface area contributed by atoms with E-state index in [1.165, 1.54) is 0 Å². The molecule has 1 aliphatic rings. The molecule has 2 aromatic carbocycles. The summed E-state index contributed by atoms with van der Waals surface area (Å²) in [5.41, 5.74) is 1.54. The first-order valence-corrected chi connectivity index (χ1v) is 7.75. The minimum Gasteiger partial charge on any atom is -0.494 e. The molecule has 24 heavy (non-hydrogen) atoms. The molecular weight excluding hydrogens is 308 g/mol. The van der Waals surface area contributed by atoms with Crippen molar-refractivity contribution in [1.82, 2.24) is 0 Å². The predicted molar refractivity (Wildman–Crippen MR) is 90.3 cm³/mol. The van der Waals surface area contributed by atoms with Crippen LogP contribution in [-0.4, -0.2) is 24.5 Å². The SMILES string of the molecule is CCCOc1ccc(/C=C(\C(=O)O)c2ccc3c(c2)OCO3)cc1. The van der Waals surface area contributed by atoms with E-state index >= 15 is 0 Å².